The number of pyridine rings is 1. The van der Waals surface area contributed by atoms with Crippen molar-refractivity contribution in [3.63, 3.8) is 0 Å². The molecule has 9 rings (SSSR count). The minimum absolute atomic E-state index is 0.0231. The number of nitro groups is 1. The Morgan fingerprint density at radius 2 is 1.76 bits per heavy atom. The van der Waals surface area contributed by atoms with Crippen LogP contribution in [0.25, 0.3) is 16.6 Å². The molecule has 68 heavy (non-hydrogen) atoms. The lowest BCUT2D eigenvalue weighted by atomic mass is 9.72. The maximum absolute atomic E-state index is 14.1. The molecular formula is C50H58ClN7O8S2. The predicted octanol–water partition coefficient (Wildman–Crippen LogP) is 8.74. The van der Waals surface area contributed by atoms with Crippen LogP contribution in [-0.2, 0) is 26.2 Å². The highest BCUT2D eigenvalue weighted by Gasteiger charge is 2.35. The quantitative estimate of drug-likeness (QED) is 0.0655. The Morgan fingerprint density at radius 3 is 2.49 bits per heavy atom. The number of fused-ring (bicyclic) bond motifs is 2. The van der Waals surface area contributed by atoms with Crippen molar-refractivity contribution in [1.29, 1.82) is 0 Å². The number of halogens is 1. The van der Waals surface area contributed by atoms with Gasteiger partial charge in [-0.2, -0.15) is 0 Å². The molecule has 360 valence electrons. The number of carbonyl (C=O) groups is 1. The summed E-state index contributed by atoms with van der Waals surface area (Å²) in [6.45, 7) is 10.2. The monoisotopic (exact) mass is 983 g/mol. The van der Waals surface area contributed by atoms with E-state index in [2.05, 4.69) is 56.3 Å². The Morgan fingerprint density at radius 1 is 1.01 bits per heavy atom. The van der Waals surface area contributed by atoms with Crippen LogP contribution in [0.4, 0.5) is 11.4 Å². The third kappa shape index (κ3) is 10.7. The summed E-state index contributed by atoms with van der Waals surface area (Å²) < 4.78 is 56.9. The van der Waals surface area contributed by atoms with Crippen molar-refractivity contribution in [3.8, 4) is 17.2 Å². The fourth-order valence-corrected chi connectivity index (χ4v) is 12.3. The standard InChI is InChI=1S/C50H58ClN7O8S2/c1-50(2)15-11-37(44(29-50)35-5-7-38(51)8-6-35)31-55-19-21-56(22-20-55)39-9-10-42(47(26-39)66-40-25-36-12-16-52-48(36)53-30-40)49(59)54-68(63,64)41-27-45(58(60)61)43-24-34(32-65-46(43)28-41)23-33-13-17-57(18-14-33)67(3,4)62/h5-10,12,16,25-28,30,33-34H,3,11,13-15,17-24,29,31-32H2,1-2,4H3,(H,52,53)(H,54,59)/t34-,67?/m0/s1. The summed E-state index contributed by atoms with van der Waals surface area (Å²) in [5.41, 5.74) is 5.63. The van der Waals surface area contributed by atoms with Crippen molar-refractivity contribution in [2.45, 2.75) is 63.7 Å². The Bertz CT molecular complexity index is 3000. The molecule has 5 heterocycles. The van der Waals surface area contributed by atoms with Gasteiger partial charge in [0.1, 0.15) is 22.9 Å². The molecule has 4 aliphatic rings. The number of benzene rings is 3. The van der Waals surface area contributed by atoms with Gasteiger partial charge in [-0.3, -0.25) is 24.0 Å². The van der Waals surface area contributed by atoms with Crippen LogP contribution in [0.5, 0.6) is 17.2 Å². The van der Waals surface area contributed by atoms with E-state index >= 15 is 0 Å². The molecule has 1 unspecified atom stereocenters. The van der Waals surface area contributed by atoms with Crippen LogP contribution in [0, 0.1) is 27.4 Å². The van der Waals surface area contributed by atoms with Gasteiger partial charge in [-0.1, -0.05) is 43.2 Å². The van der Waals surface area contributed by atoms with Gasteiger partial charge in [-0.05, 0) is 116 Å². The van der Waals surface area contributed by atoms with Crippen LogP contribution in [0.3, 0.4) is 0 Å². The van der Waals surface area contributed by atoms with Crippen LogP contribution >= 0.6 is 11.6 Å². The van der Waals surface area contributed by atoms with E-state index in [9.17, 15) is 27.5 Å². The average Bonchev–Trinajstić information content (AvgIpc) is 3.77. The highest BCUT2D eigenvalue weighted by molar-refractivity contribution is 7.97. The summed E-state index contributed by atoms with van der Waals surface area (Å²) in [5, 5.41) is 14.0. The molecule has 1 aliphatic carbocycles. The number of nitro benzene ring substituents is 1. The first-order chi connectivity index (χ1) is 32.4. The van der Waals surface area contributed by atoms with Gasteiger partial charge in [0.05, 0.1) is 33.7 Å². The largest absolute Gasteiger partial charge is 0.493 e. The molecule has 3 aromatic carbocycles. The topological polar surface area (TPSA) is 180 Å². The van der Waals surface area contributed by atoms with Crippen molar-refractivity contribution in [1.82, 2.24) is 23.9 Å². The number of carbonyl (C=O) groups excluding carboxylic acids is 1. The van der Waals surface area contributed by atoms with Gasteiger partial charge in [-0.15, -0.1) is 0 Å². The molecule has 0 spiro atoms. The van der Waals surface area contributed by atoms with E-state index in [1.54, 1.807) is 36.7 Å². The maximum Gasteiger partial charge on any atom is 0.277 e. The van der Waals surface area contributed by atoms with Gasteiger partial charge >= 0.3 is 0 Å². The fraction of sp³-hybridized carbons (Fsp3) is 0.420. The number of hydrogen-bond acceptors (Lipinski definition) is 11. The minimum atomic E-state index is -4.66. The van der Waals surface area contributed by atoms with E-state index in [4.69, 9.17) is 21.1 Å². The predicted molar refractivity (Wildman–Crippen MR) is 268 cm³/mol. The van der Waals surface area contributed by atoms with Crippen molar-refractivity contribution < 1.29 is 31.8 Å². The van der Waals surface area contributed by atoms with Gasteiger partial charge in [0.25, 0.3) is 21.6 Å². The van der Waals surface area contributed by atoms with Crippen LogP contribution in [-0.4, -0.2) is 107 Å². The number of hydrogen-bond donors (Lipinski definition) is 2. The molecule has 2 fully saturated rings. The number of allylic oxidation sites excluding steroid dienone is 1. The maximum atomic E-state index is 14.1. The van der Waals surface area contributed by atoms with Crippen molar-refractivity contribution in [2.75, 3.05) is 63.6 Å². The Labute approximate surface area is 403 Å². The number of rotatable bonds is 13. The van der Waals surface area contributed by atoms with E-state index < -0.39 is 35.5 Å². The number of piperazine rings is 1. The van der Waals surface area contributed by atoms with E-state index in [1.165, 1.54) is 29.0 Å². The van der Waals surface area contributed by atoms with Gasteiger partial charge in [0.2, 0.25) is 0 Å². The van der Waals surface area contributed by atoms with Crippen LogP contribution in [0.15, 0.2) is 89.6 Å². The fourth-order valence-electron chi connectivity index (χ4n) is 10.2. The first-order valence-corrected chi connectivity index (χ1v) is 27.1. The first-order valence-electron chi connectivity index (χ1n) is 23.2. The number of aromatic amines is 1. The molecule has 0 saturated carbocycles. The average molecular weight is 985 g/mol. The number of aromatic nitrogens is 2. The first kappa shape index (κ1) is 47.6. The number of amides is 1. The lowest BCUT2D eigenvalue weighted by Crippen LogP contribution is -2.47. The van der Waals surface area contributed by atoms with Crippen LogP contribution in [0.2, 0.25) is 5.02 Å². The smallest absolute Gasteiger partial charge is 0.277 e. The second kappa shape index (κ2) is 19.1. The molecule has 0 bridgehead atoms. The highest BCUT2D eigenvalue weighted by atomic mass is 35.5. The molecule has 15 nitrogen and oxygen atoms in total. The number of nitrogens with zero attached hydrogens (tertiary/aromatic N) is 5. The van der Waals surface area contributed by atoms with Gasteiger partial charge < -0.3 is 19.4 Å². The molecule has 3 aliphatic heterocycles. The number of sulfonamides is 1. The summed E-state index contributed by atoms with van der Waals surface area (Å²) in [5.74, 6) is 3.69. The zero-order chi connectivity index (χ0) is 48.0. The van der Waals surface area contributed by atoms with Crippen molar-refractivity contribution in [2.24, 2.45) is 17.3 Å². The lowest BCUT2D eigenvalue weighted by molar-refractivity contribution is -0.386. The number of piperidine rings is 1. The Hall–Kier alpha value is -5.46. The van der Waals surface area contributed by atoms with E-state index in [-0.39, 0.29) is 40.7 Å². The van der Waals surface area contributed by atoms with E-state index in [0.717, 1.165) is 80.3 Å². The third-order valence-corrected chi connectivity index (χ3v) is 17.0. The lowest BCUT2D eigenvalue weighted by Gasteiger charge is -2.39. The molecule has 2 saturated heterocycles. The molecular weight excluding hydrogens is 926 g/mol. The summed E-state index contributed by atoms with van der Waals surface area (Å²) in [7, 11) is -6.93. The highest BCUT2D eigenvalue weighted by Crippen LogP contribution is 2.44. The number of ether oxygens (including phenoxy) is 2. The minimum Gasteiger partial charge on any atom is -0.493 e. The second-order valence-corrected chi connectivity index (χ2v) is 24.2. The molecule has 0 radical (unpaired) electrons. The van der Waals surface area contributed by atoms with Crippen molar-refractivity contribution in [3.05, 3.63) is 117 Å². The van der Waals surface area contributed by atoms with Crippen LogP contribution in [0.1, 0.15) is 73.9 Å². The molecule has 2 N–H and O–H groups in total. The molecule has 18 heteroatoms. The summed E-state index contributed by atoms with van der Waals surface area (Å²) >= 11 is 6.25. The van der Waals surface area contributed by atoms with E-state index in [1.807, 2.05) is 22.5 Å². The van der Waals surface area contributed by atoms with Gasteiger partial charge in [0.15, 0.2) is 0 Å². The number of H-pyrrole nitrogens is 1. The van der Waals surface area contributed by atoms with Crippen molar-refractivity contribution >= 4 is 71.1 Å². The van der Waals surface area contributed by atoms with Crippen LogP contribution < -0.4 is 19.1 Å². The molecule has 2 aromatic heterocycles. The Balaban J connectivity index is 0.919. The SMILES string of the molecule is C=S(C)(=O)N1CCC(C[C@@H]2COc3cc(S(=O)(=O)NC(=O)c4ccc(N5CCN(CC6=C(c7ccc(Cl)cc7)CC(C)(C)CC6)CC5)cc4Oc4cnc5[nH]ccc5c4)cc([N+](=O)[O-])c3C2)CC1. The number of anilines is 1. The third-order valence-electron chi connectivity index (χ3n) is 14.0. The van der Waals surface area contributed by atoms with Gasteiger partial charge in [-0.25, -0.2) is 22.4 Å². The van der Waals surface area contributed by atoms with E-state index in [0.29, 0.717) is 55.5 Å². The zero-order valence-electron chi connectivity index (χ0n) is 38.7. The molecule has 5 aromatic rings. The normalized spacial score (nSPS) is 20.4. The summed E-state index contributed by atoms with van der Waals surface area (Å²) in [6, 6.07) is 19.1. The number of nitrogens with one attached hydrogen (secondary N) is 2. The second-order valence-electron chi connectivity index (χ2n) is 19.6. The zero-order valence-corrected chi connectivity index (χ0v) is 41.1. The summed E-state index contributed by atoms with van der Waals surface area (Å²) in [4.78, 5) is 37.7. The Kier molecular flexibility index (Phi) is 13.4. The molecule has 2 atom stereocenters. The molecule has 1 amide bonds. The van der Waals surface area contributed by atoms with Gasteiger partial charge in [0, 0.05) is 102 Å². The summed E-state index contributed by atoms with van der Waals surface area (Å²) in [6.07, 6.45) is 10.9.